The number of aryl methyl sites for hydroxylation is 1. The second kappa shape index (κ2) is 9.28. The van der Waals surface area contributed by atoms with Crippen LogP contribution in [0.2, 0.25) is 0 Å². The molecule has 1 N–H and O–H groups in total. The summed E-state index contributed by atoms with van der Waals surface area (Å²) in [6, 6.07) is 9.89. The molecule has 0 saturated carbocycles. The number of ether oxygens (including phenoxy) is 1. The zero-order chi connectivity index (χ0) is 20.1. The molecule has 8 nitrogen and oxygen atoms in total. The van der Waals surface area contributed by atoms with Crippen LogP contribution in [0.15, 0.2) is 40.9 Å². The van der Waals surface area contributed by atoms with E-state index in [4.69, 9.17) is 9.15 Å². The van der Waals surface area contributed by atoms with E-state index >= 15 is 0 Å². The van der Waals surface area contributed by atoms with Crippen molar-refractivity contribution in [2.75, 3.05) is 63.9 Å². The third kappa shape index (κ3) is 4.89. The predicted molar refractivity (Wildman–Crippen MR) is 110 cm³/mol. The molecule has 156 valence electrons. The molecule has 2 aromatic rings. The summed E-state index contributed by atoms with van der Waals surface area (Å²) in [5, 5.41) is 3.12. The Morgan fingerprint density at radius 3 is 2.55 bits per heavy atom. The van der Waals surface area contributed by atoms with E-state index in [1.54, 1.807) is 6.20 Å². The molecule has 2 saturated heterocycles. The van der Waals surface area contributed by atoms with Crippen molar-refractivity contribution in [2.24, 2.45) is 0 Å². The van der Waals surface area contributed by atoms with Gasteiger partial charge in [0.1, 0.15) is 17.3 Å². The first-order valence-electron chi connectivity index (χ1n) is 10.3. The van der Waals surface area contributed by atoms with Gasteiger partial charge in [0, 0.05) is 52.0 Å². The van der Waals surface area contributed by atoms with Gasteiger partial charge in [-0.1, -0.05) is 6.07 Å². The average molecular weight is 399 g/mol. The monoisotopic (exact) mass is 399 g/mol. The Morgan fingerprint density at radius 2 is 1.90 bits per heavy atom. The second-order valence-electron chi connectivity index (χ2n) is 7.46. The number of amides is 2. The Labute approximate surface area is 171 Å². The molecule has 1 unspecified atom stereocenters. The first-order chi connectivity index (χ1) is 14.2. The summed E-state index contributed by atoms with van der Waals surface area (Å²) < 4.78 is 11.4. The molecule has 29 heavy (non-hydrogen) atoms. The van der Waals surface area contributed by atoms with Crippen LogP contribution in [0.4, 0.5) is 10.6 Å². The van der Waals surface area contributed by atoms with Crippen LogP contribution in [0.3, 0.4) is 0 Å². The van der Waals surface area contributed by atoms with Gasteiger partial charge in [-0.3, -0.25) is 4.90 Å². The number of pyridine rings is 1. The minimum atomic E-state index is -0.0211. The number of urea groups is 1. The topological polar surface area (TPSA) is 74.1 Å². The van der Waals surface area contributed by atoms with Gasteiger partial charge in [0.2, 0.25) is 0 Å². The zero-order valence-corrected chi connectivity index (χ0v) is 16.9. The van der Waals surface area contributed by atoms with Gasteiger partial charge in [0.25, 0.3) is 0 Å². The Bertz CT molecular complexity index is 783. The van der Waals surface area contributed by atoms with Crippen LogP contribution < -0.4 is 10.2 Å². The number of furan rings is 1. The molecule has 0 aliphatic carbocycles. The lowest BCUT2D eigenvalue weighted by atomic mass is 10.1. The summed E-state index contributed by atoms with van der Waals surface area (Å²) in [6.45, 7) is 8.50. The van der Waals surface area contributed by atoms with E-state index in [9.17, 15) is 4.79 Å². The lowest BCUT2D eigenvalue weighted by molar-refractivity contribution is 0.0119. The number of morpholine rings is 1. The predicted octanol–water partition coefficient (Wildman–Crippen LogP) is 1.89. The fraction of sp³-hybridized carbons (Fsp3) is 0.524. The van der Waals surface area contributed by atoms with Gasteiger partial charge in [-0.05, 0) is 31.2 Å². The number of aromatic nitrogens is 1. The van der Waals surface area contributed by atoms with Crippen LogP contribution >= 0.6 is 0 Å². The van der Waals surface area contributed by atoms with Gasteiger partial charge in [0.15, 0.2) is 0 Å². The van der Waals surface area contributed by atoms with Crippen molar-refractivity contribution in [2.45, 2.75) is 13.0 Å². The molecule has 4 rings (SSSR count). The number of carbonyl (C=O) groups is 1. The summed E-state index contributed by atoms with van der Waals surface area (Å²) in [6.07, 6.45) is 1.80. The summed E-state index contributed by atoms with van der Waals surface area (Å²) in [7, 11) is 0. The third-order valence-electron chi connectivity index (χ3n) is 5.56. The van der Waals surface area contributed by atoms with Crippen molar-refractivity contribution in [3.05, 3.63) is 48.0 Å². The molecule has 0 bridgehead atoms. The van der Waals surface area contributed by atoms with E-state index in [0.29, 0.717) is 32.8 Å². The number of carbonyl (C=O) groups excluding carboxylic acids is 1. The van der Waals surface area contributed by atoms with Crippen molar-refractivity contribution in [3.63, 3.8) is 0 Å². The molecule has 2 fully saturated rings. The molecule has 8 heteroatoms. The summed E-state index contributed by atoms with van der Waals surface area (Å²) in [5.41, 5.74) is 0. The number of piperazine rings is 1. The van der Waals surface area contributed by atoms with Crippen LogP contribution in [-0.2, 0) is 4.74 Å². The fourth-order valence-corrected chi connectivity index (χ4v) is 3.91. The lowest BCUT2D eigenvalue weighted by Gasteiger charge is -2.36. The zero-order valence-electron chi connectivity index (χ0n) is 16.9. The van der Waals surface area contributed by atoms with E-state index in [2.05, 4.69) is 20.1 Å². The van der Waals surface area contributed by atoms with E-state index in [-0.39, 0.29) is 12.1 Å². The normalized spacial score (nSPS) is 19.2. The number of hydrogen-bond donors (Lipinski definition) is 1. The maximum Gasteiger partial charge on any atom is 0.317 e. The first kappa shape index (κ1) is 19.7. The molecule has 2 aliphatic rings. The van der Waals surface area contributed by atoms with Crippen molar-refractivity contribution >= 4 is 11.8 Å². The van der Waals surface area contributed by atoms with E-state index in [1.807, 2.05) is 42.2 Å². The second-order valence-corrected chi connectivity index (χ2v) is 7.46. The van der Waals surface area contributed by atoms with Crippen molar-refractivity contribution < 1.29 is 13.9 Å². The van der Waals surface area contributed by atoms with Gasteiger partial charge in [0.05, 0.1) is 19.3 Å². The van der Waals surface area contributed by atoms with Crippen LogP contribution in [0, 0.1) is 6.92 Å². The smallest absolute Gasteiger partial charge is 0.317 e. The average Bonchev–Trinajstić information content (AvgIpc) is 3.21. The Hall–Kier alpha value is -2.58. The van der Waals surface area contributed by atoms with Crippen molar-refractivity contribution in [1.82, 2.24) is 20.1 Å². The van der Waals surface area contributed by atoms with Gasteiger partial charge in [-0.25, -0.2) is 9.78 Å². The number of nitrogens with one attached hydrogen (secondary N) is 1. The highest BCUT2D eigenvalue weighted by atomic mass is 16.5. The number of hydrogen-bond acceptors (Lipinski definition) is 6. The highest BCUT2D eigenvalue weighted by Crippen LogP contribution is 2.23. The number of rotatable bonds is 5. The minimum absolute atomic E-state index is 0.0198. The van der Waals surface area contributed by atoms with E-state index < -0.39 is 0 Å². The quantitative estimate of drug-likeness (QED) is 0.828. The molecule has 0 aromatic carbocycles. The first-order valence-corrected chi connectivity index (χ1v) is 10.3. The van der Waals surface area contributed by atoms with Crippen molar-refractivity contribution in [3.8, 4) is 0 Å². The van der Waals surface area contributed by atoms with Crippen LogP contribution in [0.5, 0.6) is 0 Å². The molecular formula is C21H29N5O3. The summed E-state index contributed by atoms with van der Waals surface area (Å²) in [5.74, 6) is 2.74. The minimum Gasteiger partial charge on any atom is -0.465 e. The van der Waals surface area contributed by atoms with Crippen molar-refractivity contribution in [1.29, 1.82) is 0 Å². The van der Waals surface area contributed by atoms with E-state index in [0.717, 1.165) is 43.5 Å². The fourth-order valence-electron chi connectivity index (χ4n) is 3.91. The van der Waals surface area contributed by atoms with Gasteiger partial charge in [-0.15, -0.1) is 0 Å². The molecule has 2 aliphatic heterocycles. The number of nitrogens with zero attached hydrogens (tertiary/aromatic N) is 4. The Balaban J connectivity index is 1.32. The molecule has 1 atom stereocenters. The molecule has 0 radical (unpaired) electrons. The third-order valence-corrected chi connectivity index (χ3v) is 5.56. The molecular weight excluding hydrogens is 370 g/mol. The van der Waals surface area contributed by atoms with Gasteiger partial charge >= 0.3 is 6.03 Å². The summed E-state index contributed by atoms with van der Waals surface area (Å²) in [4.78, 5) is 23.6. The van der Waals surface area contributed by atoms with E-state index in [1.165, 1.54) is 0 Å². The maximum absolute atomic E-state index is 12.8. The largest absolute Gasteiger partial charge is 0.465 e. The van der Waals surface area contributed by atoms with Crippen LogP contribution in [0.25, 0.3) is 0 Å². The number of anilines is 1. The Morgan fingerprint density at radius 1 is 1.10 bits per heavy atom. The van der Waals surface area contributed by atoms with Crippen LogP contribution in [0.1, 0.15) is 17.6 Å². The Kier molecular flexibility index (Phi) is 6.31. The lowest BCUT2D eigenvalue weighted by Crippen LogP contribution is -2.53. The molecule has 2 amide bonds. The highest BCUT2D eigenvalue weighted by molar-refractivity contribution is 5.74. The SMILES string of the molecule is Cc1ccc(C(CNC(=O)N2CCN(c3ccccn3)CC2)N2CCOCC2)o1. The van der Waals surface area contributed by atoms with Gasteiger partial charge < -0.3 is 24.3 Å². The van der Waals surface area contributed by atoms with Gasteiger partial charge in [-0.2, -0.15) is 0 Å². The molecule has 2 aromatic heterocycles. The molecule has 0 spiro atoms. The summed E-state index contributed by atoms with van der Waals surface area (Å²) >= 11 is 0. The molecule has 4 heterocycles. The maximum atomic E-state index is 12.8. The standard InChI is InChI=1S/C21H29N5O3/c1-17-5-6-19(29-17)18(24-12-14-28-15-13-24)16-23-21(27)26-10-8-25(9-11-26)20-4-2-3-7-22-20/h2-7,18H,8-16H2,1H3,(H,23,27). The van der Waals surface area contributed by atoms with Crippen LogP contribution in [-0.4, -0.2) is 79.8 Å². The highest BCUT2D eigenvalue weighted by Gasteiger charge is 2.27.